The highest BCUT2D eigenvalue weighted by molar-refractivity contribution is 5.88. The quantitative estimate of drug-likeness (QED) is 0.794. The number of aromatic amines is 1. The molecule has 0 saturated carbocycles. The molecule has 0 unspecified atom stereocenters. The molecule has 0 aromatic carbocycles. The molecular weight excluding hydrogens is 308 g/mol. The Morgan fingerprint density at radius 2 is 2.12 bits per heavy atom. The normalized spacial score (nSPS) is 20.7. The van der Waals surface area contributed by atoms with Crippen molar-refractivity contribution in [2.75, 3.05) is 23.3 Å². The zero-order chi connectivity index (χ0) is 16.9. The van der Waals surface area contributed by atoms with E-state index in [4.69, 9.17) is 4.74 Å². The number of nitrogens with zero attached hydrogens (tertiary/aromatic N) is 3. The SMILES string of the molecule is C[C@@H]1CN(c2ccc(CNC(=O)Nc3cn[nH]c3)cn2)C[C@H](C)O1. The maximum atomic E-state index is 11.8. The first kappa shape index (κ1) is 16.3. The van der Waals surface area contributed by atoms with Gasteiger partial charge in [-0.15, -0.1) is 0 Å². The molecule has 0 radical (unpaired) electrons. The molecule has 0 bridgehead atoms. The summed E-state index contributed by atoms with van der Waals surface area (Å²) in [5.74, 6) is 0.934. The molecule has 24 heavy (non-hydrogen) atoms. The fraction of sp³-hybridized carbons (Fsp3) is 0.438. The highest BCUT2D eigenvalue weighted by Gasteiger charge is 2.22. The Morgan fingerprint density at radius 3 is 2.75 bits per heavy atom. The Hall–Kier alpha value is -2.61. The van der Waals surface area contributed by atoms with Gasteiger partial charge in [0, 0.05) is 32.0 Å². The number of H-pyrrole nitrogens is 1. The second-order valence-corrected chi connectivity index (χ2v) is 5.98. The van der Waals surface area contributed by atoms with Crippen molar-refractivity contribution >= 4 is 17.5 Å². The Bertz CT molecular complexity index is 648. The standard InChI is InChI=1S/C16H22N6O2/c1-11-9-22(10-12(2)24-11)15-4-3-13(5-17-15)6-18-16(23)21-14-7-19-20-8-14/h3-5,7-8,11-12H,6,9-10H2,1-2H3,(H,19,20)(H2,18,21,23)/t11-,12+. The zero-order valence-electron chi connectivity index (χ0n) is 13.8. The lowest BCUT2D eigenvalue weighted by atomic mass is 10.2. The van der Waals surface area contributed by atoms with E-state index in [-0.39, 0.29) is 18.2 Å². The molecule has 0 spiro atoms. The van der Waals surface area contributed by atoms with Gasteiger partial charge in [0.2, 0.25) is 0 Å². The molecule has 0 aliphatic carbocycles. The number of anilines is 2. The number of hydrogen-bond donors (Lipinski definition) is 3. The Labute approximate surface area is 140 Å². The van der Waals surface area contributed by atoms with Crippen LogP contribution in [0.15, 0.2) is 30.7 Å². The molecular formula is C16H22N6O2. The van der Waals surface area contributed by atoms with Gasteiger partial charge in [-0.1, -0.05) is 6.07 Å². The van der Waals surface area contributed by atoms with Crippen LogP contribution in [0.2, 0.25) is 0 Å². The first-order chi connectivity index (χ1) is 11.6. The first-order valence-corrected chi connectivity index (χ1v) is 7.99. The molecule has 1 aliphatic rings. The van der Waals surface area contributed by atoms with Crippen LogP contribution in [-0.2, 0) is 11.3 Å². The lowest BCUT2D eigenvalue weighted by Gasteiger charge is -2.36. The van der Waals surface area contributed by atoms with Crippen molar-refractivity contribution in [2.24, 2.45) is 0 Å². The summed E-state index contributed by atoms with van der Waals surface area (Å²) in [5.41, 5.74) is 1.56. The van der Waals surface area contributed by atoms with Gasteiger partial charge >= 0.3 is 6.03 Å². The lowest BCUT2D eigenvalue weighted by Crippen LogP contribution is -2.45. The fourth-order valence-corrected chi connectivity index (χ4v) is 2.75. The summed E-state index contributed by atoms with van der Waals surface area (Å²) in [6.45, 7) is 6.22. The number of urea groups is 1. The molecule has 1 saturated heterocycles. The van der Waals surface area contributed by atoms with Crippen molar-refractivity contribution in [3.63, 3.8) is 0 Å². The Kier molecular flexibility index (Phi) is 4.95. The van der Waals surface area contributed by atoms with Crippen molar-refractivity contribution in [2.45, 2.75) is 32.6 Å². The molecule has 2 aromatic heterocycles. The molecule has 128 valence electrons. The third-order valence-electron chi connectivity index (χ3n) is 3.76. The van der Waals surface area contributed by atoms with E-state index in [2.05, 4.69) is 44.6 Å². The van der Waals surface area contributed by atoms with Gasteiger partial charge in [0.1, 0.15) is 5.82 Å². The van der Waals surface area contributed by atoms with Crippen LogP contribution in [0.4, 0.5) is 16.3 Å². The smallest absolute Gasteiger partial charge is 0.319 e. The molecule has 2 aromatic rings. The minimum absolute atomic E-state index is 0.198. The summed E-state index contributed by atoms with van der Waals surface area (Å²) in [5, 5.41) is 11.9. The van der Waals surface area contributed by atoms with Gasteiger partial charge in [-0.05, 0) is 25.5 Å². The average Bonchev–Trinajstić information content (AvgIpc) is 3.05. The minimum Gasteiger partial charge on any atom is -0.372 e. The third-order valence-corrected chi connectivity index (χ3v) is 3.76. The van der Waals surface area contributed by atoms with Gasteiger partial charge in [-0.2, -0.15) is 5.10 Å². The molecule has 3 rings (SSSR count). The van der Waals surface area contributed by atoms with E-state index in [1.807, 2.05) is 12.1 Å². The molecule has 2 amide bonds. The summed E-state index contributed by atoms with van der Waals surface area (Å²) in [7, 11) is 0. The van der Waals surface area contributed by atoms with Crippen LogP contribution >= 0.6 is 0 Å². The number of carbonyl (C=O) groups excluding carboxylic acids is 1. The lowest BCUT2D eigenvalue weighted by molar-refractivity contribution is -0.00546. The summed E-state index contributed by atoms with van der Waals surface area (Å²) >= 11 is 0. The van der Waals surface area contributed by atoms with Gasteiger partial charge in [0.15, 0.2) is 0 Å². The number of hydrogen-bond acceptors (Lipinski definition) is 5. The molecule has 3 heterocycles. The number of pyridine rings is 1. The maximum Gasteiger partial charge on any atom is 0.319 e. The van der Waals surface area contributed by atoms with Crippen molar-refractivity contribution in [3.05, 3.63) is 36.3 Å². The number of ether oxygens (including phenoxy) is 1. The predicted octanol–water partition coefficient (Wildman–Crippen LogP) is 1.74. The predicted molar refractivity (Wildman–Crippen MR) is 90.9 cm³/mol. The second-order valence-electron chi connectivity index (χ2n) is 5.98. The van der Waals surface area contributed by atoms with E-state index in [0.717, 1.165) is 24.5 Å². The molecule has 1 aliphatic heterocycles. The number of carbonyl (C=O) groups is 1. The molecule has 8 heteroatoms. The van der Waals surface area contributed by atoms with E-state index in [1.165, 1.54) is 0 Å². The number of nitrogens with one attached hydrogen (secondary N) is 3. The second kappa shape index (κ2) is 7.31. The summed E-state index contributed by atoms with van der Waals surface area (Å²) in [6.07, 6.45) is 5.34. The fourth-order valence-electron chi connectivity index (χ4n) is 2.75. The van der Waals surface area contributed by atoms with Gasteiger partial charge < -0.3 is 20.3 Å². The Balaban J connectivity index is 1.52. The van der Waals surface area contributed by atoms with Gasteiger partial charge in [-0.3, -0.25) is 5.10 Å². The maximum absolute atomic E-state index is 11.8. The van der Waals surface area contributed by atoms with Gasteiger partial charge in [0.25, 0.3) is 0 Å². The van der Waals surface area contributed by atoms with Gasteiger partial charge in [0.05, 0.1) is 24.1 Å². The van der Waals surface area contributed by atoms with Gasteiger partial charge in [-0.25, -0.2) is 9.78 Å². The van der Waals surface area contributed by atoms with Crippen LogP contribution < -0.4 is 15.5 Å². The highest BCUT2D eigenvalue weighted by atomic mass is 16.5. The minimum atomic E-state index is -0.281. The highest BCUT2D eigenvalue weighted by Crippen LogP contribution is 2.18. The molecule has 3 N–H and O–H groups in total. The van der Waals surface area contributed by atoms with E-state index < -0.39 is 0 Å². The van der Waals surface area contributed by atoms with Crippen LogP contribution in [0.25, 0.3) is 0 Å². The third kappa shape index (κ3) is 4.23. The van der Waals surface area contributed by atoms with E-state index in [0.29, 0.717) is 12.2 Å². The average molecular weight is 330 g/mol. The monoisotopic (exact) mass is 330 g/mol. The molecule has 2 atom stereocenters. The van der Waals surface area contributed by atoms with E-state index >= 15 is 0 Å². The van der Waals surface area contributed by atoms with Crippen LogP contribution in [0.3, 0.4) is 0 Å². The topological polar surface area (TPSA) is 95.2 Å². The number of rotatable bonds is 4. The number of morpholine rings is 1. The van der Waals surface area contributed by atoms with Crippen LogP contribution in [-0.4, -0.2) is 46.5 Å². The zero-order valence-corrected chi connectivity index (χ0v) is 13.8. The van der Waals surface area contributed by atoms with Crippen molar-refractivity contribution < 1.29 is 9.53 Å². The van der Waals surface area contributed by atoms with Crippen molar-refractivity contribution in [3.8, 4) is 0 Å². The Morgan fingerprint density at radius 1 is 1.33 bits per heavy atom. The largest absolute Gasteiger partial charge is 0.372 e. The van der Waals surface area contributed by atoms with Crippen LogP contribution in [0.5, 0.6) is 0 Å². The van der Waals surface area contributed by atoms with Crippen LogP contribution in [0.1, 0.15) is 19.4 Å². The van der Waals surface area contributed by atoms with E-state index in [9.17, 15) is 4.79 Å². The van der Waals surface area contributed by atoms with Crippen molar-refractivity contribution in [1.82, 2.24) is 20.5 Å². The summed E-state index contributed by atoms with van der Waals surface area (Å²) < 4.78 is 5.74. The van der Waals surface area contributed by atoms with Crippen molar-refractivity contribution in [1.29, 1.82) is 0 Å². The number of aromatic nitrogens is 3. The molecule has 1 fully saturated rings. The molecule has 8 nitrogen and oxygen atoms in total. The van der Waals surface area contributed by atoms with Crippen LogP contribution in [0, 0.1) is 0 Å². The summed E-state index contributed by atoms with van der Waals surface area (Å²) in [4.78, 5) is 18.5. The summed E-state index contributed by atoms with van der Waals surface area (Å²) in [6, 6.07) is 3.68. The first-order valence-electron chi connectivity index (χ1n) is 7.99. The van der Waals surface area contributed by atoms with E-state index in [1.54, 1.807) is 18.6 Å². The number of amides is 2.